The second-order valence-corrected chi connectivity index (χ2v) is 13.4. The van der Waals surface area contributed by atoms with Crippen molar-refractivity contribution in [3.63, 3.8) is 0 Å². The number of hydrogen-bond acceptors (Lipinski definition) is 1. The fraction of sp³-hybridized carbons (Fsp3) is 0.0196. The molecule has 0 aliphatic heterocycles. The normalized spacial score (nSPS) is 13.6. The summed E-state index contributed by atoms with van der Waals surface area (Å²) < 4.78 is 30.0. The van der Waals surface area contributed by atoms with Crippen molar-refractivity contribution in [3.8, 4) is 22.3 Å². The summed E-state index contributed by atoms with van der Waals surface area (Å²) in [5.41, 5.74) is 8.54. The summed E-state index contributed by atoms with van der Waals surface area (Å²) in [4.78, 5) is 2.01. The summed E-state index contributed by atoms with van der Waals surface area (Å²) in [6.45, 7) is 0. The van der Waals surface area contributed by atoms with Crippen LogP contribution in [0.2, 0.25) is 0 Å². The third kappa shape index (κ3) is 4.63. The Kier molecular flexibility index (Phi) is 6.39. The molecule has 0 N–H and O–H groups in total. The van der Waals surface area contributed by atoms with Crippen LogP contribution in [0.4, 0.5) is 17.1 Å². The Bertz CT molecular complexity index is 2870. The van der Waals surface area contributed by atoms with Crippen LogP contribution in [0, 0.1) is 0 Å². The highest BCUT2D eigenvalue weighted by Crippen LogP contribution is 2.57. The van der Waals surface area contributed by atoms with E-state index >= 15 is 0 Å². The molecule has 0 saturated carbocycles. The van der Waals surface area contributed by atoms with E-state index in [4.69, 9.17) is 0 Å². The van der Waals surface area contributed by atoms with E-state index in [1.54, 1.807) is 0 Å². The van der Waals surface area contributed by atoms with Crippen molar-refractivity contribution in [3.05, 3.63) is 235 Å². The van der Waals surface area contributed by atoms with E-state index in [0.717, 1.165) is 55.7 Å². The first kappa shape index (κ1) is 27.1. The van der Waals surface area contributed by atoms with E-state index in [1.165, 1.54) is 16.2 Å². The van der Waals surface area contributed by atoms with Gasteiger partial charge in [-0.05, 0) is 108 Å². The van der Waals surface area contributed by atoms with Crippen LogP contribution in [0.25, 0.3) is 43.8 Å². The highest BCUT2D eigenvalue weighted by molar-refractivity contribution is 6.14. The largest absolute Gasteiger partial charge is 0.310 e. The molecule has 9 aromatic carbocycles. The fourth-order valence-corrected chi connectivity index (χ4v) is 8.39. The SMILES string of the molecule is [2H]c1c([2H])c(N(c2ccccc2)c2cccc(-c3cc4ccccc4c4ccccc34)c2)c([2H])c2c1-c1ccccc1C2(c1ccccc1)c1ccccc1. The number of nitrogens with zero attached hydrogens (tertiary/aromatic N) is 1. The minimum atomic E-state index is -0.891. The Hall–Kier alpha value is -6.70. The van der Waals surface area contributed by atoms with Crippen LogP contribution >= 0.6 is 0 Å². The quantitative estimate of drug-likeness (QED) is 0.160. The van der Waals surface area contributed by atoms with Gasteiger partial charge in [-0.25, -0.2) is 0 Å². The predicted molar refractivity (Wildman–Crippen MR) is 219 cm³/mol. The number of anilines is 3. The van der Waals surface area contributed by atoms with Crippen LogP contribution in [0.5, 0.6) is 0 Å². The first-order chi connectivity index (χ1) is 27.1. The molecule has 0 fully saturated rings. The van der Waals surface area contributed by atoms with Crippen molar-refractivity contribution in [2.75, 3.05) is 4.90 Å². The minimum Gasteiger partial charge on any atom is -0.310 e. The topological polar surface area (TPSA) is 3.24 Å². The molecule has 0 saturated heterocycles. The van der Waals surface area contributed by atoms with Crippen molar-refractivity contribution in [1.29, 1.82) is 0 Å². The molecule has 1 nitrogen and oxygen atoms in total. The van der Waals surface area contributed by atoms with E-state index in [1.807, 2.05) is 95.9 Å². The summed E-state index contributed by atoms with van der Waals surface area (Å²) in [5, 5.41) is 4.73. The maximum absolute atomic E-state index is 10.4. The van der Waals surface area contributed by atoms with Crippen LogP contribution in [-0.4, -0.2) is 0 Å². The standard InChI is InChI=1S/C51H35N/c1-4-19-38(20-5-1)51(39-21-6-2-7-22-39)49-30-15-14-29-46(49)47-32-31-42(35-50(47)51)52(40-23-8-3-9-24-40)41-25-16-18-36(33-41)48-34-37-17-10-11-26-43(37)44-27-12-13-28-45(44)48/h1-35H/i31D,32D,35D. The van der Waals surface area contributed by atoms with Gasteiger partial charge in [0.05, 0.1) is 9.53 Å². The monoisotopic (exact) mass is 664 g/mol. The lowest BCUT2D eigenvalue weighted by molar-refractivity contribution is 0.768. The molecule has 0 atom stereocenters. The van der Waals surface area contributed by atoms with E-state index in [0.29, 0.717) is 11.3 Å². The zero-order valence-electron chi connectivity index (χ0n) is 31.4. The molecule has 1 aliphatic carbocycles. The molecule has 0 amide bonds. The molecular formula is C51H35N. The highest BCUT2D eigenvalue weighted by atomic mass is 15.1. The minimum absolute atomic E-state index is 0.0147. The Morgan fingerprint density at radius 1 is 0.385 bits per heavy atom. The molecule has 0 bridgehead atoms. The van der Waals surface area contributed by atoms with E-state index < -0.39 is 5.41 Å². The summed E-state index contributed by atoms with van der Waals surface area (Å²) >= 11 is 0. The molecule has 244 valence electrons. The molecule has 0 heterocycles. The van der Waals surface area contributed by atoms with Gasteiger partial charge in [0.25, 0.3) is 0 Å². The van der Waals surface area contributed by atoms with Gasteiger partial charge >= 0.3 is 0 Å². The Balaban J connectivity index is 1.28. The lowest BCUT2D eigenvalue weighted by Gasteiger charge is -2.35. The molecule has 0 aromatic heterocycles. The van der Waals surface area contributed by atoms with Gasteiger partial charge in [-0.15, -0.1) is 0 Å². The zero-order valence-corrected chi connectivity index (χ0v) is 28.4. The highest BCUT2D eigenvalue weighted by Gasteiger charge is 2.46. The molecule has 0 unspecified atom stereocenters. The number of rotatable bonds is 6. The van der Waals surface area contributed by atoms with Crippen molar-refractivity contribution >= 4 is 38.6 Å². The lowest BCUT2D eigenvalue weighted by atomic mass is 9.67. The van der Waals surface area contributed by atoms with Crippen LogP contribution in [0.15, 0.2) is 212 Å². The maximum atomic E-state index is 10.4. The number of benzene rings is 9. The third-order valence-corrected chi connectivity index (χ3v) is 10.6. The average molecular weight is 665 g/mol. The smallest absolute Gasteiger partial charge is 0.0714 e. The fourth-order valence-electron chi connectivity index (χ4n) is 8.39. The predicted octanol–water partition coefficient (Wildman–Crippen LogP) is 13.5. The Morgan fingerprint density at radius 2 is 0.981 bits per heavy atom. The summed E-state index contributed by atoms with van der Waals surface area (Å²) in [7, 11) is 0. The number of para-hydroxylation sites is 1. The van der Waals surface area contributed by atoms with Crippen molar-refractivity contribution in [2.24, 2.45) is 0 Å². The molecule has 1 aliphatic rings. The molecule has 9 aromatic rings. The molecule has 0 spiro atoms. The van der Waals surface area contributed by atoms with Gasteiger partial charge in [0, 0.05) is 17.1 Å². The molecule has 10 rings (SSSR count). The molecule has 52 heavy (non-hydrogen) atoms. The lowest BCUT2D eigenvalue weighted by Crippen LogP contribution is -2.28. The van der Waals surface area contributed by atoms with Gasteiger partial charge in [-0.2, -0.15) is 0 Å². The summed E-state index contributed by atoms with van der Waals surface area (Å²) in [6.07, 6.45) is 0. The van der Waals surface area contributed by atoms with Crippen LogP contribution in [-0.2, 0) is 5.41 Å². The number of fused-ring (bicyclic) bond motifs is 6. The van der Waals surface area contributed by atoms with Gasteiger partial charge in [0.2, 0.25) is 0 Å². The second-order valence-electron chi connectivity index (χ2n) is 13.4. The van der Waals surface area contributed by atoms with Crippen LogP contribution < -0.4 is 4.90 Å². The van der Waals surface area contributed by atoms with E-state index in [9.17, 15) is 4.11 Å². The molecular weight excluding hydrogens is 627 g/mol. The first-order valence-electron chi connectivity index (χ1n) is 19.3. The molecule has 1 heteroatoms. The van der Waals surface area contributed by atoms with Crippen molar-refractivity contribution < 1.29 is 4.11 Å². The second kappa shape index (κ2) is 12.3. The van der Waals surface area contributed by atoms with Crippen LogP contribution in [0.1, 0.15) is 26.4 Å². The van der Waals surface area contributed by atoms with E-state index in [2.05, 4.69) is 103 Å². The summed E-state index contributed by atoms with van der Waals surface area (Å²) in [6, 6.07) is 67.0. The Morgan fingerprint density at radius 3 is 1.73 bits per heavy atom. The average Bonchev–Trinajstić information content (AvgIpc) is 3.57. The van der Waals surface area contributed by atoms with Crippen molar-refractivity contribution in [2.45, 2.75) is 5.41 Å². The third-order valence-electron chi connectivity index (χ3n) is 10.6. The molecule has 0 radical (unpaired) electrons. The maximum Gasteiger partial charge on any atom is 0.0714 e. The van der Waals surface area contributed by atoms with E-state index in [-0.39, 0.29) is 18.1 Å². The van der Waals surface area contributed by atoms with Gasteiger partial charge < -0.3 is 4.90 Å². The Labute approximate surface area is 308 Å². The summed E-state index contributed by atoms with van der Waals surface area (Å²) in [5.74, 6) is 0. The number of hydrogen-bond donors (Lipinski definition) is 0. The van der Waals surface area contributed by atoms with Crippen molar-refractivity contribution in [1.82, 2.24) is 0 Å². The van der Waals surface area contributed by atoms with Gasteiger partial charge in [0.15, 0.2) is 0 Å². The van der Waals surface area contributed by atoms with Gasteiger partial charge in [-0.1, -0.05) is 170 Å². The zero-order chi connectivity index (χ0) is 37.1. The first-order valence-corrected chi connectivity index (χ1v) is 17.8. The van der Waals surface area contributed by atoms with Gasteiger partial charge in [0.1, 0.15) is 0 Å². The van der Waals surface area contributed by atoms with Crippen LogP contribution in [0.3, 0.4) is 0 Å². The van der Waals surface area contributed by atoms with Gasteiger partial charge in [-0.3, -0.25) is 0 Å².